The Morgan fingerprint density at radius 3 is 2.60 bits per heavy atom. The van der Waals surface area contributed by atoms with Crippen LogP contribution < -0.4 is 0 Å². The Bertz CT molecular complexity index is 632. The number of nitrogens with zero attached hydrogens (tertiary/aromatic N) is 2. The molecule has 1 aromatic carbocycles. The maximum absolute atomic E-state index is 12.3. The summed E-state index contributed by atoms with van der Waals surface area (Å²) in [5, 5.41) is 17.6. The van der Waals surface area contributed by atoms with Crippen molar-refractivity contribution in [2.24, 2.45) is 0 Å². The van der Waals surface area contributed by atoms with Crippen molar-refractivity contribution in [3.63, 3.8) is 0 Å². The molecule has 108 valence electrons. The molecule has 0 aliphatic heterocycles. The zero-order valence-corrected chi connectivity index (χ0v) is 12.1. The second-order valence-electron chi connectivity index (χ2n) is 4.60. The minimum atomic E-state index is -3.75. The minimum absolute atomic E-state index is 0.325. The van der Waals surface area contributed by atoms with Gasteiger partial charge in [0, 0.05) is 6.04 Å². The molecule has 0 fully saturated rings. The Morgan fingerprint density at radius 2 is 2.10 bits per heavy atom. The maximum Gasteiger partial charge on any atom is 0.318 e. The van der Waals surface area contributed by atoms with Crippen LogP contribution in [0.15, 0.2) is 24.3 Å². The van der Waals surface area contributed by atoms with E-state index in [0.717, 1.165) is 4.31 Å². The van der Waals surface area contributed by atoms with Crippen molar-refractivity contribution in [2.75, 3.05) is 6.54 Å². The highest BCUT2D eigenvalue weighted by Gasteiger charge is 2.27. The van der Waals surface area contributed by atoms with Crippen molar-refractivity contribution in [1.82, 2.24) is 4.31 Å². The molecule has 0 saturated heterocycles. The molecule has 6 nitrogen and oxygen atoms in total. The van der Waals surface area contributed by atoms with Crippen LogP contribution in [-0.2, 0) is 20.6 Å². The van der Waals surface area contributed by atoms with Crippen molar-refractivity contribution >= 4 is 16.0 Å². The van der Waals surface area contributed by atoms with Gasteiger partial charge in [0.05, 0.1) is 17.4 Å². The third kappa shape index (κ3) is 4.33. The maximum atomic E-state index is 12.3. The monoisotopic (exact) mass is 296 g/mol. The van der Waals surface area contributed by atoms with Gasteiger partial charge in [-0.3, -0.25) is 4.79 Å². The summed E-state index contributed by atoms with van der Waals surface area (Å²) < 4.78 is 25.5. The third-order valence-electron chi connectivity index (χ3n) is 2.63. The summed E-state index contributed by atoms with van der Waals surface area (Å²) in [6.45, 7) is 2.66. The molecule has 1 aromatic rings. The largest absolute Gasteiger partial charge is 0.480 e. The lowest BCUT2D eigenvalue weighted by atomic mass is 10.2. The highest BCUT2D eigenvalue weighted by Crippen LogP contribution is 2.15. The molecule has 1 N–H and O–H groups in total. The van der Waals surface area contributed by atoms with Crippen LogP contribution >= 0.6 is 0 Å². The van der Waals surface area contributed by atoms with Gasteiger partial charge in [0.15, 0.2) is 0 Å². The molecule has 0 aliphatic carbocycles. The van der Waals surface area contributed by atoms with Crippen LogP contribution in [0, 0.1) is 11.3 Å². The fraction of sp³-hybridized carbons (Fsp3) is 0.385. The quantitative estimate of drug-likeness (QED) is 0.850. The number of carboxylic acids is 1. The predicted molar refractivity (Wildman–Crippen MR) is 73.3 cm³/mol. The van der Waals surface area contributed by atoms with Gasteiger partial charge in [0.2, 0.25) is 10.0 Å². The number of aliphatic carboxylic acids is 1. The Morgan fingerprint density at radius 1 is 1.45 bits per heavy atom. The lowest BCUT2D eigenvalue weighted by Gasteiger charge is -2.24. The molecule has 0 heterocycles. The van der Waals surface area contributed by atoms with Crippen molar-refractivity contribution in [2.45, 2.75) is 25.6 Å². The average Bonchev–Trinajstić information content (AvgIpc) is 2.35. The Kier molecular flexibility index (Phi) is 5.25. The fourth-order valence-electron chi connectivity index (χ4n) is 1.76. The van der Waals surface area contributed by atoms with E-state index < -0.39 is 28.6 Å². The van der Waals surface area contributed by atoms with E-state index in [1.165, 1.54) is 6.07 Å². The molecule has 20 heavy (non-hydrogen) atoms. The average molecular weight is 296 g/mol. The van der Waals surface area contributed by atoms with E-state index in [9.17, 15) is 13.2 Å². The second kappa shape index (κ2) is 6.50. The minimum Gasteiger partial charge on any atom is -0.480 e. The van der Waals surface area contributed by atoms with Gasteiger partial charge < -0.3 is 5.11 Å². The molecule has 0 bridgehead atoms. The van der Waals surface area contributed by atoms with Crippen LogP contribution in [0.5, 0.6) is 0 Å². The van der Waals surface area contributed by atoms with Crippen molar-refractivity contribution in [3.8, 4) is 6.07 Å². The van der Waals surface area contributed by atoms with E-state index in [1.807, 2.05) is 6.07 Å². The van der Waals surface area contributed by atoms with Crippen molar-refractivity contribution in [1.29, 1.82) is 5.26 Å². The van der Waals surface area contributed by atoms with Crippen molar-refractivity contribution < 1.29 is 18.3 Å². The number of benzene rings is 1. The normalized spacial score (nSPS) is 11.6. The number of hydrogen-bond donors (Lipinski definition) is 1. The van der Waals surface area contributed by atoms with Gasteiger partial charge in [0.25, 0.3) is 0 Å². The van der Waals surface area contributed by atoms with Crippen LogP contribution in [0.2, 0.25) is 0 Å². The number of carbonyl (C=O) groups is 1. The molecule has 0 atom stereocenters. The third-order valence-corrected chi connectivity index (χ3v) is 4.59. The molecule has 0 spiro atoms. The molecule has 7 heteroatoms. The highest BCUT2D eigenvalue weighted by molar-refractivity contribution is 7.88. The van der Waals surface area contributed by atoms with Crippen LogP contribution in [0.1, 0.15) is 25.0 Å². The van der Waals surface area contributed by atoms with Crippen LogP contribution in [0.4, 0.5) is 0 Å². The Balaban J connectivity index is 3.02. The lowest BCUT2D eigenvalue weighted by molar-refractivity contribution is -0.137. The van der Waals surface area contributed by atoms with Gasteiger partial charge >= 0.3 is 5.97 Å². The zero-order valence-electron chi connectivity index (χ0n) is 11.3. The molecule has 0 amide bonds. The van der Waals surface area contributed by atoms with Gasteiger partial charge in [-0.2, -0.15) is 9.57 Å². The van der Waals surface area contributed by atoms with E-state index in [4.69, 9.17) is 10.4 Å². The number of hydrogen-bond acceptors (Lipinski definition) is 4. The molecule has 0 aliphatic rings. The Hall–Kier alpha value is -1.91. The van der Waals surface area contributed by atoms with Crippen LogP contribution in [0.3, 0.4) is 0 Å². The summed E-state index contributed by atoms with van der Waals surface area (Å²) >= 11 is 0. The van der Waals surface area contributed by atoms with Gasteiger partial charge in [-0.25, -0.2) is 8.42 Å². The van der Waals surface area contributed by atoms with Crippen LogP contribution in [-0.4, -0.2) is 36.4 Å². The summed E-state index contributed by atoms with van der Waals surface area (Å²) in [4.78, 5) is 10.8. The van der Waals surface area contributed by atoms with Gasteiger partial charge in [-0.05, 0) is 31.5 Å². The van der Waals surface area contributed by atoms with Crippen LogP contribution in [0.25, 0.3) is 0 Å². The van der Waals surface area contributed by atoms with Crippen molar-refractivity contribution in [3.05, 3.63) is 35.4 Å². The second-order valence-corrected chi connectivity index (χ2v) is 6.52. The molecular formula is C13H16N2O4S. The SMILES string of the molecule is CC(C)N(CC(=O)O)S(=O)(=O)Cc1cccc(C#N)c1. The van der Waals surface area contributed by atoms with E-state index >= 15 is 0 Å². The first-order valence-electron chi connectivity index (χ1n) is 5.96. The standard InChI is InChI=1S/C13H16N2O4S/c1-10(2)15(8-13(16)17)20(18,19)9-12-5-3-4-11(6-12)7-14/h3-6,10H,8-9H2,1-2H3,(H,16,17). The summed E-state index contributed by atoms with van der Waals surface area (Å²) in [5.74, 6) is -1.53. The zero-order chi connectivity index (χ0) is 15.3. The number of nitriles is 1. The van der Waals surface area contributed by atoms with E-state index in [1.54, 1.807) is 32.0 Å². The summed E-state index contributed by atoms with van der Waals surface area (Å²) in [6.07, 6.45) is 0. The first-order valence-corrected chi connectivity index (χ1v) is 7.57. The molecular weight excluding hydrogens is 280 g/mol. The summed E-state index contributed by atoms with van der Waals surface area (Å²) in [5.41, 5.74) is 0.826. The van der Waals surface area contributed by atoms with Gasteiger partial charge in [-0.15, -0.1) is 0 Å². The molecule has 1 rings (SSSR count). The van der Waals surface area contributed by atoms with E-state index in [-0.39, 0.29) is 5.75 Å². The summed E-state index contributed by atoms with van der Waals surface area (Å²) in [7, 11) is -3.75. The van der Waals surface area contributed by atoms with Gasteiger partial charge in [0.1, 0.15) is 6.54 Å². The predicted octanol–water partition coefficient (Wildman–Crippen LogP) is 1.18. The van der Waals surface area contributed by atoms with E-state index in [2.05, 4.69) is 0 Å². The lowest BCUT2D eigenvalue weighted by Crippen LogP contribution is -2.41. The number of sulfonamides is 1. The molecule has 0 aromatic heterocycles. The first-order chi connectivity index (χ1) is 9.26. The molecule has 0 saturated carbocycles. The van der Waals surface area contributed by atoms with Gasteiger partial charge in [-0.1, -0.05) is 12.1 Å². The molecule has 0 unspecified atom stereocenters. The first kappa shape index (κ1) is 16.1. The fourth-order valence-corrected chi connectivity index (χ4v) is 3.48. The topological polar surface area (TPSA) is 98.5 Å². The van der Waals surface area contributed by atoms with E-state index in [0.29, 0.717) is 11.1 Å². The number of rotatable bonds is 6. The Labute approximate surface area is 118 Å². The summed E-state index contributed by atoms with van der Waals surface area (Å²) in [6, 6.07) is 7.74. The number of carboxylic acid groups (broad SMARTS) is 1. The highest BCUT2D eigenvalue weighted by atomic mass is 32.2. The molecule has 0 radical (unpaired) electrons. The smallest absolute Gasteiger partial charge is 0.318 e.